The van der Waals surface area contributed by atoms with Crippen molar-refractivity contribution >= 4 is 11.8 Å². The maximum absolute atomic E-state index is 9.02. The fourth-order valence-electron chi connectivity index (χ4n) is 1.19. The lowest BCUT2D eigenvalue weighted by Gasteiger charge is -2.00. The van der Waals surface area contributed by atoms with Gasteiger partial charge in [-0.25, -0.2) is 0 Å². The Kier molecular flexibility index (Phi) is 4.72. The third-order valence-electron chi connectivity index (χ3n) is 2.00. The molecule has 16 heavy (non-hydrogen) atoms. The van der Waals surface area contributed by atoms with E-state index in [1.165, 1.54) is 6.08 Å². The summed E-state index contributed by atoms with van der Waals surface area (Å²) in [5.74, 6) is 0. The van der Waals surface area contributed by atoms with Crippen molar-refractivity contribution in [3.05, 3.63) is 47.6 Å². The zero-order valence-electron chi connectivity index (χ0n) is 9.09. The van der Waals surface area contributed by atoms with Crippen LogP contribution in [0.2, 0.25) is 0 Å². The molecule has 0 radical (unpaired) electrons. The first kappa shape index (κ1) is 12.4. The van der Waals surface area contributed by atoms with Crippen LogP contribution in [-0.2, 0) is 0 Å². The minimum Gasteiger partial charge on any atom is -0.399 e. The van der Waals surface area contributed by atoms with Gasteiger partial charge in [0.1, 0.15) is 6.23 Å². The minimum atomic E-state index is -1.05. The zero-order chi connectivity index (χ0) is 12.0. The summed E-state index contributed by atoms with van der Waals surface area (Å²) in [5.41, 5.74) is 10.0. The second-order valence-electron chi connectivity index (χ2n) is 3.49. The molecule has 1 unspecified atom stereocenters. The second-order valence-corrected chi connectivity index (χ2v) is 3.49. The first-order valence-electron chi connectivity index (χ1n) is 4.91. The number of nitrogens with one attached hydrogen (secondary N) is 1. The number of hydrogen-bond acceptors (Lipinski definition) is 4. The highest BCUT2D eigenvalue weighted by atomic mass is 16.5. The fraction of sp³-hybridized carbons (Fsp3) is 0.167. The summed E-state index contributed by atoms with van der Waals surface area (Å²) in [5, 5.41) is 17.4. The Morgan fingerprint density at radius 3 is 2.56 bits per heavy atom. The molecule has 4 nitrogen and oxygen atoms in total. The molecule has 0 amide bonds. The molecule has 0 aliphatic rings. The number of benzene rings is 1. The molecule has 0 spiro atoms. The summed E-state index contributed by atoms with van der Waals surface area (Å²) >= 11 is 0. The van der Waals surface area contributed by atoms with Crippen molar-refractivity contribution in [3.8, 4) is 0 Å². The van der Waals surface area contributed by atoms with E-state index in [0.717, 1.165) is 16.8 Å². The molecule has 1 aromatic rings. The number of hydrogen-bond donors (Lipinski definition) is 4. The van der Waals surface area contributed by atoms with Crippen LogP contribution < -0.4 is 11.2 Å². The van der Waals surface area contributed by atoms with Gasteiger partial charge in [-0.1, -0.05) is 29.9 Å². The van der Waals surface area contributed by atoms with Crippen molar-refractivity contribution in [2.75, 3.05) is 5.73 Å². The number of rotatable bonds is 4. The molecule has 0 heterocycles. The van der Waals surface area contributed by atoms with E-state index >= 15 is 0 Å². The zero-order valence-corrected chi connectivity index (χ0v) is 9.09. The standard InChI is InChI=1S/C12H16N2O2/c1-9(2-7-12(15)14-16)8-10-3-5-11(13)6-4-10/h2-8,12,14-16H,13H2,1H3/b7-2+,9-8+. The average Bonchev–Trinajstić information content (AvgIpc) is 2.29. The molecule has 86 valence electrons. The molecule has 0 saturated carbocycles. The van der Waals surface area contributed by atoms with Crippen molar-refractivity contribution in [1.82, 2.24) is 5.48 Å². The Morgan fingerprint density at radius 1 is 1.38 bits per heavy atom. The third kappa shape index (κ3) is 4.27. The van der Waals surface area contributed by atoms with Crippen LogP contribution in [0.4, 0.5) is 5.69 Å². The predicted octanol–water partition coefficient (Wildman–Crippen LogP) is 1.53. The van der Waals surface area contributed by atoms with Crippen LogP contribution in [0.5, 0.6) is 0 Å². The van der Waals surface area contributed by atoms with E-state index in [0.29, 0.717) is 0 Å². The van der Waals surface area contributed by atoms with Gasteiger partial charge in [-0.15, -0.1) is 0 Å². The number of allylic oxidation sites excluding steroid dienone is 2. The summed E-state index contributed by atoms with van der Waals surface area (Å²) < 4.78 is 0. The molecule has 0 aliphatic heterocycles. The lowest BCUT2D eigenvalue weighted by Crippen LogP contribution is -2.21. The summed E-state index contributed by atoms with van der Waals surface area (Å²) in [6.07, 6.45) is 4.06. The number of nitrogen functional groups attached to an aromatic ring is 1. The van der Waals surface area contributed by atoms with Crippen molar-refractivity contribution in [2.24, 2.45) is 0 Å². The van der Waals surface area contributed by atoms with Gasteiger partial charge >= 0.3 is 0 Å². The Balaban J connectivity index is 2.69. The number of aliphatic hydroxyl groups excluding tert-OH is 1. The highest BCUT2D eigenvalue weighted by Crippen LogP contribution is 2.10. The van der Waals surface area contributed by atoms with Crippen molar-refractivity contribution < 1.29 is 10.3 Å². The molecule has 4 heteroatoms. The Bertz CT molecular complexity index is 383. The molecular formula is C12H16N2O2. The second kappa shape index (κ2) is 6.07. The van der Waals surface area contributed by atoms with Crippen LogP contribution in [0.3, 0.4) is 0 Å². The summed E-state index contributed by atoms with van der Waals surface area (Å²) in [6, 6.07) is 7.47. The van der Waals surface area contributed by atoms with Crippen LogP contribution >= 0.6 is 0 Å². The quantitative estimate of drug-likeness (QED) is 0.268. The maximum atomic E-state index is 9.02. The van der Waals surface area contributed by atoms with E-state index in [1.54, 1.807) is 11.6 Å². The van der Waals surface area contributed by atoms with Gasteiger partial charge in [0, 0.05) is 5.69 Å². The van der Waals surface area contributed by atoms with Crippen LogP contribution in [0.1, 0.15) is 12.5 Å². The molecule has 0 saturated heterocycles. The van der Waals surface area contributed by atoms with Gasteiger partial charge in [0.25, 0.3) is 0 Å². The van der Waals surface area contributed by atoms with Crippen LogP contribution in [-0.4, -0.2) is 16.5 Å². The topological polar surface area (TPSA) is 78.5 Å². The maximum Gasteiger partial charge on any atom is 0.146 e. The SMILES string of the molecule is CC(/C=C/C(O)NO)=C\c1ccc(N)cc1. The molecule has 5 N–H and O–H groups in total. The fourth-order valence-corrected chi connectivity index (χ4v) is 1.19. The van der Waals surface area contributed by atoms with Gasteiger partial charge in [0.2, 0.25) is 0 Å². The van der Waals surface area contributed by atoms with Crippen molar-refractivity contribution in [3.63, 3.8) is 0 Å². The monoisotopic (exact) mass is 220 g/mol. The van der Waals surface area contributed by atoms with E-state index < -0.39 is 6.23 Å². The van der Waals surface area contributed by atoms with E-state index in [1.807, 2.05) is 37.3 Å². The van der Waals surface area contributed by atoms with E-state index in [-0.39, 0.29) is 0 Å². The highest BCUT2D eigenvalue weighted by molar-refractivity contribution is 5.57. The van der Waals surface area contributed by atoms with Gasteiger partial charge in [0.15, 0.2) is 0 Å². The smallest absolute Gasteiger partial charge is 0.146 e. The normalized spacial score (nSPS) is 14.3. The average molecular weight is 220 g/mol. The predicted molar refractivity (Wildman–Crippen MR) is 64.6 cm³/mol. The molecule has 1 atom stereocenters. The summed E-state index contributed by atoms with van der Waals surface area (Å²) in [4.78, 5) is 0. The van der Waals surface area contributed by atoms with Gasteiger partial charge in [-0.3, -0.25) is 0 Å². The van der Waals surface area contributed by atoms with Crippen LogP contribution in [0.15, 0.2) is 42.0 Å². The number of aliphatic hydroxyl groups is 1. The lowest BCUT2D eigenvalue weighted by molar-refractivity contribution is 0.0318. The van der Waals surface area contributed by atoms with Crippen LogP contribution in [0, 0.1) is 0 Å². The molecule has 0 fully saturated rings. The summed E-state index contributed by atoms with van der Waals surface area (Å²) in [6.45, 7) is 1.90. The largest absolute Gasteiger partial charge is 0.399 e. The Hall–Kier alpha value is -1.62. The van der Waals surface area contributed by atoms with Gasteiger partial charge in [-0.05, 0) is 30.7 Å². The van der Waals surface area contributed by atoms with E-state index in [2.05, 4.69) is 0 Å². The molecule has 0 aromatic heterocycles. The Morgan fingerprint density at radius 2 is 2.00 bits per heavy atom. The molecular weight excluding hydrogens is 204 g/mol. The first-order chi connectivity index (χ1) is 7.61. The van der Waals surface area contributed by atoms with Gasteiger partial charge < -0.3 is 16.0 Å². The minimum absolute atomic E-state index is 0.727. The van der Waals surface area contributed by atoms with Crippen LogP contribution in [0.25, 0.3) is 6.08 Å². The molecule has 1 aromatic carbocycles. The number of anilines is 1. The van der Waals surface area contributed by atoms with Gasteiger partial charge in [0.05, 0.1) is 0 Å². The number of hydroxylamine groups is 1. The lowest BCUT2D eigenvalue weighted by atomic mass is 10.1. The van der Waals surface area contributed by atoms with Crippen molar-refractivity contribution in [1.29, 1.82) is 0 Å². The first-order valence-corrected chi connectivity index (χ1v) is 4.91. The molecule has 1 rings (SSSR count). The van der Waals surface area contributed by atoms with E-state index in [4.69, 9.17) is 16.0 Å². The Labute approximate surface area is 94.7 Å². The highest BCUT2D eigenvalue weighted by Gasteiger charge is 1.93. The van der Waals surface area contributed by atoms with E-state index in [9.17, 15) is 0 Å². The molecule has 0 aliphatic carbocycles. The van der Waals surface area contributed by atoms with Gasteiger partial charge in [-0.2, -0.15) is 5.48 Å². The number of nitrogens with two attached hydrogens (primary N) is 1. The summed E-state index contributed by atoms with van der Waals surface area (Å²) in [7, 11) is 0. The van der Waals surface area contributed by atoms with Crippen molar-refractivity contribution in [2.45, 2.75) is 13.2 Å². The third-order valence-corrected chi connectivity index (χ3v) is 2.00. The molecule has 0 bridgehead atoms.